The molecule has 0 amide bonds. The minimum Gasteiger partial charge on any atom is -0.339 e. The summed E-state index contributed by atoms with van der Waals surface area (Å²) in [5.41, 5.74) is 0.225. The normalized spacial score (nSPS) is 22.7. The molecule has 2 heterocycles. The predicted octanol–water partition coefficient (Wildman–Crippen LogP) is 3.74. The van der Waals surface area contributed by atoms with E-state index >= 15 is 0 Å². The molecule has 0 saturated carbocycles. The molecule has 3 aromatic rings. The average molecular weight is 683 g/mol. The van der Waals surface area contributed by atoms with Crippen molar-refractivity contribution in [2.45, 2.75) is 79.2 Å². The van der Waals surface area contributed by atoms with E-state index in [1.165, 1.54) is 36.4 Å². The summed E-state index contributed by atoms with van der Waals surface area (Å²) in [6.07, 6.45) is -4.23. The van der Waals surface area contributed by atoms with Crippen LogP contribution in [0.5, 0.6) is 0 Å². The molecule has 15 heteroatoms. The Morgan fingerprint density at radius 3 is 1.36 bits per heavy atom. The van der Waals surface area contributed by atoms with Gasteiger partial charge in [0.2, 0.25) is 0 Å². The Kier molecular flexibility index (Phi) is 9.07. The first-order chi connectivity index (χ1) is 20.9. The van der Waals surface area contributed by atoms with E-state index in [-0.39, 0.29) is 14.7 Å². The topological polar surface area (TPSA) is 158 Å². The molecule has 0 aromatic heterocycles. The number of ether oxygens (including phenoxy) is 3. The van der Waals surface area contributed by atoms with Gasteiger partial charge < -0.3 is 14.2 Å². The van der Waals surface area contributed by atoms with Crippen molar-refractivity contribution in [2.75, 3.05) is 13.2 Å². The molecule has 1 unspecified atom stereocenters. The highest BCUT2D eigenvalue weighted by Gasteiger charge is 2.65. The maximum absolute atomic E-state index is 13.6. The molecule has 0 spiro atoms. The number of benzene rings is 3. The molecule has 3 aromatic carbocycles. The summed E-state index contributed by atoms with van der Waals surface area (Å²) in [6, 6.07) is 17.5. The van der Waals surface area contributed by atoms with Crippen LogP contribution in [0.15, 0.2) is 87.5 Å². The molecule has 5 rings (SSSR count). The third kappa shape index (κ3) is 7.32. The van der Waals surface area contributed by atoms with Crippen molar-refractivity contribution < 1.29 is 52.0 Å². The van der Waals surface area contributed by atoms with Crippen LogP contribution in [0.4, 0.5) is 0 Å². The first-order valence-electron chi connectivity index (χ1n) is 13.9. The van der Waals surface area contributed by atoms with Gasteiger partial charge in [0, 0.05) is 0 Å². The fourth-order valence-corrected chi connectivity index (χ4v) is 7.92. The number of hydrogen-bond donors (Lipinski definition) is 0. The molecule has 45 heavy (non-hydrogen) atoms. The highest BCUT2D eigenvalue weighted by Crippen LogP contribution is 2.46. The second-order valence-electron chi connectivity index (χ2n) is 11.5. The van der Waals surface area contributed by atoms with E-state index in [2.05, 4.69) is 0 Å². The van der Waals surface area contributed by atoms with Crippen LogP contribution in [0.3, 0.4) is 0 Å². The third-order valence-electron chi connectivity index (χ3n) is 7.33. The van der Waals surface area contributed by atoms with Gasteiger partial charge in [-0.15, -0.1) is 0 Å². The maximum Gasteiger partial charge on any atom is 0.297 e. The number of hydrogen-bond acceptors (Lipinski definition) is 12. The Hall–Kier alpha value is -2.73. The zero-order valence-electron chi connectivity index (χ0n) is 25.2. The van der Waals surface area contributed by atoms with Crippen molar-refractivity contribution in [2.24, 2.45) is 0 Å². The monoisotopic (exact) mass is 682 g/mol. The van der Waals surface area contributed by atoms with E-state index in [9.17, 15) is 25.3 Å². The minimum absolute atomic E-state index is 0.187. The molecule has 12 nitrogen and oxygen atoms in total. The van der Waals surface area contributed by atoms with Gasteiger partial charge in [0.05, 0.1) is 14.7 Å². The van der Waals surface area contributed by atoms with Crippen LogP contribution in [0.2, 0.25) is 0 Å². The Balaban J connectivity index is 1.54. The van der Waals surface area contributed by atoms with Crippen molar-refractivity contribution in [1.29, 1.82) is 0 Å². The van der Waals surface area contributed by atoms with E-state index in [1.807, 2.05) is 0 Å². The Morgan fingerprint density at radius 1 is 0.578 bits per heavy atom. The largest absolute Gasteiger partial charge is 0.339 e. The van der Waals surface area contributed by atoms with Gasteiger partial charge in [-0.1, -0.05) is 53.1 Å². The van der Waals surface area contributed by atoms with Crippen LogP contribution in [0, 0.1) is 20.8 Å². The van der Waals surface area contributed by atoms with E-state index < -0.39 is 73.5 Å². The van der Waals surface area contributed by atoms with Crippen LogP contribution < -0.4 is 0 Å². The summed E-state index contributed by atoms with van der Waals surface area (Å²) in [6.45, 7) is 6.64. The summed E-state index contributed by atoms with van der Waals surface area (Å²) < 4.78 is 114. The first kappa shape index (κ1) is 33.6. The van der Waals surface area contributed by atoms with Crippen molar-refractivity contribution >= 4 is 30.4 Å². The Bertz CT molecular complexity index is 1770. The molecule has 2 fully saturated rings. The van der Waals surface area contributed by atoms with Crippen LogP contribution in [-0.4, -0.2) is 68.4 Å². The third-order valence-corrected chi connectivity index (χ3v) is 11.2. The Morgan fingerprint density at radius 2 is 0.956 bits per heavy atom. The quantitative estimate of drug-likeness (QED) is 0.270. The lowest BCUT2D eigenvalue weighted by Gasteiger charge is -2.35. The zero-order chi connectivity index (χ0) is 32.8. The highest BCUT2D eigenvalue weighted by molar-refractivity contribution is 7.87. The van der Waals surface area contributed by atoms with Gasteiger partial charge in [0.15, 0.2) is 17.7 Å². The smallest absolute Gasteiger partial charge is 0.297 e. The highest BCUT2D eigenvalue weighted by atomic mass is 32.2. The average Bonchev–Trinajstić information content (AvgIpc) is 3.40. The van der Waals surface area contributed by atoms with Crippen molar-refractivity contribution in [3.05, 3.63) is 89.5 Å². The van der Waals surface area contributed by atoms with Crippen LogP contribution in [0.1, 0.15) is 30.5 Å². The lowest BCUT2D eigenvalue weighted by molar-refractivity contribution is -0.246. The molecule has 3 atom stereocenters. The SMILES string of the molecule is Cc1ccc(S(=O)(=O)OCC2(COS(=O)(=O)c3ccc(C)cc3)OC3OC(C)(C)O[C@@H]3[C@H]2OS(=O)(=O)c2ccc(C)cc2)cc1. The minimum atomic E-state index is -4.55. The molecule has 0 N–H and O–H groups in total. The molecule has 2 aliphatic rings. The van der Waals surface area contributed by atoms with Crippen LogP contribution >= 0.6 is 0 Å². The Labute approximate surface area is 263 Å². The molecule has 2 aliphatic heterocycles. The fourth-order valence-electron chi connectivity index (χ4n) is 4.87. The summed E-state index contributed by atoms with van der Waals surface area (Å²) in [4.78, 5) is -0.578. The van der Waals surface area contributed by atoms with Gasteiger partial charge in [0.1, 0.15) is 25.4 Å². The van der Waals surface area contributed by atoms with Crippen molar-refractivity contribution in [3.8, 4) is 0 Å². The zero-order valence-corrected chi connectivity index (χ0v) is 27.6. The molecule has 244 valence electrons. The summed E-state index contributed by atoms with van der Waals surface area (Å²) in [5.74, 6) is -1.25. The van der Waals surface area contributed by atoms with Gasteiger partial charge in [-0.3, -0.25) is 12.5 Å². The standard InChI is InChI=1S/C30H34O12S3/c1-20-6-12-23(13-7-20)43(31,32)37-18-30(19-38-44(33,34)24-14-8-21(2)9-15-24)27(26-28(41-30)40-29(4,5)39-26)42-45(35,36)25-16-10-22(3)11-17-25/h6-17,26-28H,18-19H2,1-5H3/t26-,27-,28?/m1/s1. The number of fused-ring (bicyclic) bond motifs is 1. The van der Waals surface area contributed by atoms with Gasteiger partial charge in [0.25, 0.3) is 30.4 Å². The molecule has 0 radical (unpaired) electrons. The van der Waals surface area contributed by atoms with Gasteiger partial charge in [-0.2, -0.15) is 25.3 Å². The van der Waals surface area contributed by atoms with E-state index in [4.69, 9.17) is 26.8 Å². The van der Waals surface area contributed by atoms with E-state index in [0.29, 0.717) is 0 Å². The van der Waals surface area contributed by atoms with E-state index in [0.717, 1.165) is 16.7 Å². The summed E-state index contributed by atoms with van der Waals surface area (Å²) in [7, 11) is -13.5. The molecule has 0 bridgehead atoms. The van der Waals surface area contributed by atoms with Crippen LogP contribution in [-0.2, 0) is 57.1 Å². The van der Waals surface area contributed by atoms with E-state index in [1.54, 1.807) is 71.0 Å². The molecule has 2 saturated heterocycles. The lowest BCUT2D eigenvalue weighted by Crippen LogP contribution is -2.54. The summed E-state index contributed by atoms with van der Waals surface area (Å²) in [5, 5.41) is 0. The van der Waals surface area contributed by atoms with Crippen LogP contribution in [0.25, 0.3) is 0 Å². The number of aryl methyl sites for hydroxylation is 3. The second-order valence-corrected chi connectivity index (χ2v) is 16.3. The van der Waals surface area contributed by atoms with Gasteiger partial charge >= 0.3 is 0 Å². The fraction of sp³-hybridized carbons (Fsp3) is 0.400. The van der Waals surface area contributed by atoms with Crippen molar-refractivity contribution in [3.63, 3.8) is 0 Å². The van der Waals surface area contributed by atoms with Gasteiger partial charge in [-0.05, 0) is 71.0 Å². The molecular formula is C30H34O12S3. The molecule has 0 aliphatic carbocycles. The lowest BCUT2D eigenvalue weighted by atomic mass is 9.97. The number of rotatable bonds is 11. The first-order valence-corrected chi connectivity index (χ1v) is 18.1. The predicted molar refractivity (Wildman–Crippen MR) is 160 cm³/mol. The van der Waals surface area contributed by atoms with Crippen molar-refractivity contribution in [1.82, 2.24) is 0 Å². The maximum atomic E-state index is 13.6. The summed E-state index contributed by atoms with van der Waals surface area (Å²) >= 11 is 0. The molecular weight excluding hydrogens is 649 g/mol. The van der Waals surface area contributed by atoms with Gasteiger partial charge in [-0.25, -0.2) is 0 Å². The second kappa shape index (κ2) is 12.1.